The lowest BCUT2D eigenvalue weighted by molar-refractivity contribution is 0.428. The van der Waals surface area contributed by atoms with Gasteiger partial charge in [-0.15, -0.1) is 0 Å². The molecule has 4 heteroatoms. The van der Waals surface area contributed by atoms with E-state index in [0.717, 1.165) is 0 Å². The van der Waals surface area contributed by atoms with Crippen molar-refractivity contribution in [2.45, 2.75) is 0 Å². The molecule has 0 bridgehead atoms. The number of halogens is 1. The summed E-state index contributed by atoms with van der Waals surface area (Å²) in [5.41, 5.74) is 0.627. The summed E-state index contributed by atoms with van der Waals surface area (Å²) in [5.74, 6) is -0.0444. The summed E-state index contributed by atoms with van der Waals surface area (Å²) in [6.45, 7) is 3.51. The van der Waals surface area contributed by atoms with E-state index in [-0.39, 0.29) is 11.6 Å². The minimum absolute atomic E-state index is 0.275. The molecule has 0 unspecified atom stereocenters. The zero-order valence-electron chi connectivity index (χ0n) is 6.33. The fraction of sp³-hybridized carbons (Fsp3) is 0. The summed E-state index contributed by atoms with van der Waals surface area (Å²) in [4.78, 5) is 0. The van der Waals surface area contributed by atoms with Crippen LogP contribution in [0.3, 0.4) is 0 Å². The SMILES string of the molecule is C=C(O[B]O)c1ccc(F)cc1. The first-order valence-corrected chi connectivity index (χ1v) is 3.31. The molecule has 1 radical (unpaired) electrons. The Kier molecular flexibility index (Phi) is 2.88. The Balaban J connectivity index is 2.75. The van der Waals surface area contributed by atoms with Gasteiger partial charge in [0.2, 0.25) is 0 Å². The molecule has 0 aliphatic rings. The fourth-order valence-electron chi connectivity index (χ4n) is 0.767. The molecule has 1 aromatic carbocycles. The van der Waals surface area contributed by atoms with Gasteiger partial charge in [0, 0.05) is 5.56 Å². The van der Waals surface area contributed by atoms with Crippen LogP contribution in [-0.2, 0) is 4.65 Å². The van der Waals surface area contributed by atoms with Crippen molar-refractivity contribution in [3.8, 4) is 0 Å². The van der Waals surface area contributed by atoms with Crippen molar-refractivity contribution in [1.82, 2.24) is 0 Å². The third-order valence-corrected chi connectivity index (χ3v) is 1.36. The molecule has 0 atom stereocenters. The smallest absolute Gasteiger partial charge is 0.537 e. The molecule has 0 saturated carbocycles. The molecule has 0 heterocycles. The van der Waals surface area contributed by atoms with Crippen LogP contribution >= 0.6 is 0 Å². The van der Waals surface area contributed by atoms with Crippen LogP contribution in [0, 0.1) is 5.82 Å². The third-order valence-electron chi connectivity index (χ3n) is 1.36. The molecule has 1 rings (SSSR count). The van der Waals surface area contributed by atoms with Crippen LogP contribution in [0.1, 0.15) is 5.56 Å². The van der Waals surface area contributed by atoms with E-state index in [1.54, 1.807) is 0 Å². The van der Waals surface area contributed by atoms with E-state index in [2.05, 4.69) is 11.2 Å². The van der Waals surface area contributed by atoms with E-state index in [4.69, 9.17) is 5.02 Å². The molecule has 0 fully saturated rings. The van der Waals surface area contributed by atoms with Crippen molar-refractivity contribution in [3.05, 3.63) is 42.2 Å². The second-order valence-electron chi connectivity index (χ2n) is 2.15. The normalized spacial score (nSPS) is 9.17. The Morgan fingerprint density at radius 3 is 2.50 bits per heavy atom. The third kappa shape index (κ3) is 2.10. The molecule has 0 amide bonds. The van der Waals surface area contributed by atoms with Crippen molar-refractivity contribution < 1.29 is 14.1 Å². The van der Waals surface area contributed by atoms with Crippen LogP contribution in [0.2, 0.25) is 0 Å². The Morgan fingerprint density at radius 1 is 1.42 bits per heavy atom. The Bertz CT molecular complexity index is 271. The molecule has 2 nitrogen and oxygen atoms in total. The number of benzene rings is 1. The first-order valence-electron chi connectivity index (χ1n) is 3.31. The van der Waals surface area contributed by atoms with Crippen LogP contribution in [0.15, 0.2) is 30.8 Å². The van der Waals surface area contributed by atoms with Crippen molar-refractivity contribution in [1.29, 1.82) is 0 Å². The second-order valence-corrected chi connectivity index (χ2v) is 2.15. The molecular weight excluding hydrogens is 158 g/mol. The molecule has 0 aliphatic carbocycles. The maximum Gasteiger partial charge on any atom is 0.569 e. The highest BCUT2D eigenvalue weighted by Crippen LogP contribution is 2.12. The highest BCUT2D eigenvalue weighted by Gasteiger charge is 1.99. The average molecular weight is 165 g/mol. The van der Waals surface area contributed by atoms with Crippen molar-refractivity contribution in [2.24, 2.45) is 0 Å². The second kappa shape index (κ2) is 3.92. The minimum atomic E-state index is -0.320. The fourth-order valence-corrected chi connectivity index (χ4v) is 0.767. The van der Waals surface area contributed by atoms with Crippen LogP contribution < -0.4 is 0 Å². The Morgan fingerprint density at radius 2 is 2.00 bits per heavy atom. The van der Waals surface area contributed by atoms with Crippen molar-refractivity contribution >= 4 is 13.4 Å². The van der Waals surface area contributed by atoms with E-state index in [1.807, 2.05) is 0 Å². The van der Waals surface area contributed by atoms with Gasteiger partial charge in [0.25, 0.3) is 0 Å². The Hall–Kier alpha value is -1.29. The van der Waals surface area contributed by atoms with Gasteiger partial charge in [-0.2, -0.15) is 0 Å². The minimum Gasteiger partial charge on any atom is -0.537 e. The number of hydrogen-bond acceptors (Lipinski definition) is 2. The summed E-state index contributed by atoms with van der Waals surface area (Å²) in [6, 6.07) is 5.62. The van der Waals surface area contributed by atoms with Gasteiger partial charge in [0.05, 0.1) is 0 Å². The molecular formula is C8H7BFO2. The molecule has 61 valence electrons. The lowest BCUT2D eigenvalue weighted by Gasteiger charge is -2.04. The van der Waals surface area contributed by atoms with Gasteiger partial charge in [-0.25, -0.2) is 4.39 Å². The van der Waals surface area contributed by atoms with E-state index >= 15 is 0 Å². The summed E-state index contributed by atoms with van der Waals surface area (Å²) in [6.07, 6.45) is 0. The highest BCUT2D eigenvalue weighted by molar-refractivity contribution is 6.18. The summed E-state index contributed by atoms with van der Waals surface area (Å²) < 4.78 is 17.0. The maximum absolute atomic E-state index is 12.4. The van der Waals surface area contributed by atoms with Crippen molar-refractivity contribution in [2.75, 3.05) is 0 Å². The quantitative estimate of drug-likeness (QED) is 0.540. The topological polar surface area (TPSA) is 29.5 Å². The first kappa shape index (κ1) is 8.81. The zero-order valence-corrected chi connectivity index (χ0v) is 6.33. The predicted molar refractivity (Wildman–Crippen MR) is 44.5 cm³/mol. The monoisotopic (exact) mass is 165 g/mol. The van der Waals surface area contributed by atoms with E-state index in [0.29, 0.717) is 13.2 Å². The van der Waals surface area contributed by atoms with Crippen LogP contribution in [0.4, 0.5) is 4.39 Å². The van der Waals surface area contributed by atoms with Gasteiger partial charge < -0.3 is 9.68 Å². The molecule has 12 heavy (non-hydrogen) atoms. The predicted octanol–water partition coefficient (Wildman–Crippen LogP) is 1.34. The summed E-state index contributed by atoms with van der Waals surface area (Å²) in [5, 5.41) is 8.27. The van der Waals surface area contributed by atoms with Crippen molar-refractivity contribution in [3.63, 3.8) is 0 Å². The van der Waals surface area contributed by atoms with Gasteiger partial charge in [-0.05, 0) is 24.3 Å². The van der Waals surface area contributed by atoms with Crippen LogP contribution in [-0.4, -0.2) is 12.7 Å². The summed E-state index contributed by atoms with van der Waals surface area (Å²) >= 11 is 0. The Labute approximate surface area is 70.6 Å². The molecule has 0 aromatic heterocycles. The molecule has 0 saturated heterocycles. The lowest BCUT2D eigenvalue weighted by atomic mass is 10.2. The van der Waals surface area contributed by atoms with E-state index in [1.165, 1.54) is 24.3 Å². The zero-order chi connectivity index (χ0) is 8.97. The molecule has 0 aliphatic heterocycles. The molecule has 0 spiro atoms. The number of hydrogen-bond donors (Lipinski definition) is 1. The maximum atomic E-state index is 12.4. The van der Waals surface area contributed by atoms with Gasteiger partial charge >= 0.3 is 7.69 Å². The van der Waals surface area contributed by atoms with E-state index in [9.17, 15) is 4.39 Å². The lowest BCUT2D eigenvalue weighted by Crippen LogP contribution is -1.95. The molecule has 1 N–H and O–H groups in total. The highest BCUT2D eigenvalue weighted by atomic mass is 19.1. The van der Waals surface area contributed by atoms with Gasteiger partial charge in [0.15, 0.2) is 0 Å². The van der Waals surface area contributed by atoms with Gasteiger partial charge in [-0.1, -0.05) is 6.58 Å². The van der Waals surface area contributed by atoms with Crippen LogP contribution in [0.25, 0.3) is 5.76 Å². The number of rotatable bonds is 3. The van der Waals surface area contributed by atoms with Crippen LogP contribution in [0.5, 0.6) is 0 Å². The summed E-state index contributed by atoms with van der Waals surface area (Å²) in [7, 11) is 0.533. The standard InChI is InChI=1S/C8H7BFO2/c1-6(12-9-11)7-2-4-8(10)5-3-7/h2-5,11H,1H2. The molecule has 1 aromatic rings. The van der Waals surface area contributed by atoms with Gasteiger partial charge in [0.1, 0.15) is 11.6 Å². The first-order chi connectivity index (χ1) is 5.74. The van der Waals surface area contributed by atoms with Gasteiger partial charge in [-0.3, -0.25) is 0 Å². The largest absolute Gasteiger partial charge is 0.569 e. The average Bonchev–Trinajstić information content (AvgIpc) is 2.06. The van der Waals surface area contributed by atoms with E-state index < -0.39 is 0 Å².